The smallest absolute Gasteiger partial charge is 0.185 e. The molecule has 2 aromatic rings. The minimum absolute atomic E-state index is 0.0384. The molecule has 0 atom stereocenters. The van der Waals surface area contributed by atoms with Gasteiger partial charge in [0.05, 0.1) is 0 Å². The second kappa shape index (κ2) is 5.46. The Hall–Kier alpha value is -2.15. The van der Waals surface area contributed by atoms with Gasteiger partial charge in [-0.1, -0.05) is 65.7 Å². The van der Waals surface area contributed by atoms with Crippen LogP contribution in [0.2, 0.25) is 0 Å². The van der Waals surface area contributed by atoms with Crippen molar-refractivity contribution in [2.75, 3.05) is 0 Å². The fourth-order valence-electron chi connectivity index (χ4n) is 1.76. The van der Waals surface area contributed by atoms with Gasteiger partial charge in [0.1, 0.15) is 0 Å². The molecule has 2 rings (SSSR count). The molecule has 0 fully saturated rings. The summed E-state index contributed by atoms with van der Waals surface area (Å²) in [6.45, 7) is 4.05. The molecule has 18 heavy (non-hydrogen) atoms. The molecule has 1 nitrogen and oxygen atoms in total. The zero-order valence-electron chi connectivity index (χ0n) is 10.7. The second-order valence-electron chi connectivity index (χ2n) is 4.48. The number of benzene rings is 2. The van der Waals surface area contributed by atoms with Crippen LogP contribution in [-0.2, 0) is 0 Å². The van der Waals surface area contributed by atoms with Crippen LogP contribution in [0.15, 0.2) is 54.6 Å². The average Bonchev–Trinajstić information content (AvgIpc) is 2.37. The van der Waals surface area contributed by atoms with E-state index < -0.39 is 0 Å². The highest BCUT2D eigenvalue weighted by Gasteiger charge is 2.00. The lowest BCUT2D eigenvalue weighted by Gasteiger charge is -1.98. The van der Waals surface area contributed by atoms with Gasteiger partial charge in [0.15, 0.2) is 5.78 Å². The van der Waals surface area contributed by atoms with Crippen molar-refractivity contribution in [2.24, 2.45) is 0 Å². The van der Waals surface area contributed by atoms with Gasteiger partial charge in [0.2, 0.25) is 0 Å². The van der Waals surface area contributed by atoms with E-state index in [9.17, 15) is 4.79 Å². The summed E-state index contributed by atoms with van der Waals surface area (Å²) in [7, 11) is 0. The van der Waals surface area contributed by atoms with Crippen LogP contribution in [0, 0.1) is 13.8 Å². The van der Waals surface area contributed by atoms with Crippen molar-refractivity contribution >= 4 is 11.9 Å². The molecule has 0 radical (unpaired) electrons. The highest BCUT2D eigenvalue weighted by atomic mass is 16.1. The number of ketones is 1. The number of rotatable bonds is 3. The monoisotopic (exact) mass is 236 g/mol. The number of carbonyl (C=O) groups excluding carboxylic acids is 1. The van der Waals surface area contributed by atoms with Crippen molar-refractivity contribution in [2.45, 2.75) is 13.8 Å². The van der Waals surface area contributed by atoms with Gasteiger partial charge in [-0.2, -0.15) is 0 Å². The third-order valence-corrected chi connectivity index (χ3v) is 2.81. The lowest BCUT2D eigenvalue weighted by molar-refractivity contribution is 0.104. The van der Waals surface area contributed by atoms with Crippen LogP contribution < -0.4 is 0 Å². The van der Waals surface area contributed by atoms with Crippen LogP contribution in [0.25, 0.3) is 6.08 Å². The third-order valence-electron chi connectivity index (χ3n) is 2.81. The van der Waals surface area contributed by atoms with E-state index in [-0.39, 0.29) is 5.78 Å². The molecule has 0 saturated carbocycles. The molecule has 0 N–H and O–H groups in total. The minimum Gasteiger partial charge on any atom is -0.289 e. The largest absolute Gasteiger partial charge is 0.289 e. The molecule has 0 unspecified atom stereocenters. The van der Waals surface area contributed by atoms with Gasteiger partial charge in [-0.25, -0.2) is 0 Å². The quantitative estimate of drug-likeness (QED) is 0.576. The fourth-order valence-corrected chi connectivity index (χ4v) is 1.76. The molecule has 0 aromatic heterocycles. The van der Waals surface area contributed by atoms with Crippen molar-refractivity contribution in [1.82, 2.24) is 0 Å². The topological polar surface area (TPSA) is 17.1 Å². The zero-order valence-corrected chi connectivity index (χ0v) is 10.7. The van der Waals surface area contributed by atoms with E-state index in [0.717, 1.165) is 16.7 Å². The van der Waals surface area contributed by atoms with Crippen LogP contribution >= 0.6 is 0 Å². The summed E-state index contributed by atoms with van der Waals surface area (Å²) in [4.78, 5) is 11.9. The van der Waals surface area contributed by atoms with Gasteiger partial charge in [-0.3, -0.25) is 4.79 Å². The molecule has 0 bridgehead atoms. The Kier molecular flexibility index (Phi) is 3.73. The van der Waals surface area contributed by atoms with Crippen LogP contribution in [0.5, 0.6) is 0 Å². The Bertz CT molecular complexity index is 577. The summed E-state index contributed by atoms with van der Waals surface area (Å²) in [5.41, 5.74) is 4.13. The van der Waals surface area contributed by atoms with E-state index in [2.05, 4.69) is 6.07 Å². The van der Waals surface area contributed by atoms with Crippen molar-refractivity contribution in [3.63, 3.8) is 0 Å². The normalized spacial score (nSPS) is 10.8. The Labute approximate surface area is 108 Å². The molecule has 90 valence electrons. The van der Waals surface area contributed by atoms with Crippen molar-refractivity contribution in [3.05, 3.63) is 76.9 Å². The van der Waals surface area contributed by atoms with E-state index in [1.54, 1.807) is 6.08 Å². The summed E-state index contributed by atoms with van der Waals surface area (Å²) in [6, 6.07) is 15.7. The molecule has 0 aliphatic carbocycles. The zero-order chi connectivity index (χ0) is 13.0. The lowest BCUT2D eigenvalue weighted by Crippen LogP contribution is -1.93. The lowest BCUT2D eigenvalue weighted by atomic mass is 10.1. The Morgan fingerprint density at radius 1 is 0.944 bits per heavy atom. The van der Waals surface area contributed by atoms with Gasteiger partial charge in [-0.05, 0) is 25.5 Å². The van der Waals surface area contributed by atoms with Gasteiger partial charge in [-0.15, -0.1) is 0 Å². The molecule has 0 heterocycles. The summed E-state index contributed by atoms with van der Waals surface area (Å²) >= 11 is 0. The highest BCUT2D eigenvalue weighted by molar-refractivity contribution is 6.06. The molecule has 0 amide bonds. The fraction of sp³-hybridized carbons (Fsp3) is 0.118. The predicted octanol–water partition coefficient (Wildman–Crippen LogP) is 4.20. The molecule has 0 spiro atoms. The number of aryl methyl sites for hydroxylation is 2. The van der Waals surface area contributed by atoms with Gasteiger partial charge >= 0.3 is 0 Å². The first-order valence-electron chi connectivity index (χ1n) is 6.01. The van der Waals surface area contributed by atoms with Gasteiger partial charge in [0.25, 0.3) is 0 Å². The van der Waals surface area contributed by atoms with Crippen LogP contribution in [0.3, 0.4) is 0 Å². The van der Waals surface area contributed by atoms with Crippen molar-refractivity contribution < 1.29 is 4.79 Å². The van der Waals surface area contributed by atoms with Gasteiger partial charge < -0.3 is 0 Å². The van der Waals surface area contributed by atoms with Crippen LogP contribution in [0.4, 0.5) is 0 Å². The molecule has 0 aliphatic rings. The maximum Gasteiger partial charge on any atom is 0.185 e. The van der Waals surface area contributed by atoms with E-state index >= 15 is 0 Å². The van der Waals surface area contributed by atoms with E-state index in [1.807, 2.05) is 62.4 Å². The molecular weight excluding hydrogens is 220 g/mol. The minimum atomic E-state index is 0.0384. The third kappa shape index (κ3) is 3.17. The highest BCUT2D eigenvalue weighted by Crippen LogP contribution is 2.09. The second-order valence-corrected chi connectivity index (χ2v) is 4.48. The number of hydrogen-bond donors (Lipinski definition) is 0. The first-order valence-corrected chi connectivity index (χ1v) is 6.01. The van der Waals surface area contributed by atoms with Gasteiger partial charge in [0, 0.05) is 5.56 Å². The van der Waals surface area contributed by atoms with Crippen LogP contribution in [0.1, 0.15) is 27.0 Å². The maximum absolute atomic E-state index is 11.9. The Morgan fingerprint density at radius 2 is 1.67 bits per heavy atom. The molecule has 0 saturated heterocycles. The summed E-state index contributed by atoms with van der Waals surface area (Å²) in [5.74, 6) is 0.0384. The number of carbonyl (C=O) groups is 1. The molecule has 1 heteroatoms. The summed E-state index contributed by atoms with van der Waals surface area (Å²) < 4.78 is 0. The van der Waals surface area contributed by atoms with E-state index in [1.165, 1.54) is 5.56 Å². The summed E-state index contributed by atoms with van der Waals surface area (Å²) in [6.07, 6.45) is 3.48. The van der Waals surface area contributed by atoms with Crippen molar-refractivity contribution in [3.8, 4) is 0 Å². The van der Waals surface area contributed by atoms with E-state index in [4.69, 9.17) is 0 Å². The molecule has 2 aromatic carbocycles. The van der Waals surface area contributed by atoms with E-state index in [0.29, 0.717) is 0 Å². The first kappa shape index (κ1) is 12.3. The average molecular weight is 236 g/mol. The molecular formula is C17H16O. The van der Waals surface area contributed by atoms with Crippen molar-refractivity contribution in [1.29, 1.82) is 0 Å². The number of allylic oxidation sites excluding steroid dienone is 1. The number of hydrogen-bond acceptors (Lipinski definition) is 1. The maximum atomic E-state index is 11.9. The standard InChI is InChI=1S/C17H16O/c1-13-6-9-16(10-7-13)17(18)11-8-15-5-3-4-14(2)12-15/h3-12H,1-2H3/b11-8-. The SMILES string of the molecule is Cc1ccc(C(=O)/C=C\c2cccc(C)c2)cc1. The Balaban J connectivity index is 2.14. The predicted molar refractivity (Wildman–Crippen MR) is 75.7 cm³/mol. The molecule has 0 aliphatic heterocycles. The summed E-state index contributed by atoms with van der Waals surface area (Å²) in [5, 5.41) is 0. The Morgan fingerprint density at radius 3 is 2.33 bits per heavy atom. The van der Waals surface area contributed by atoms with Crippen LogP contribution in [-0.4, -0.2) is 5.78 Å². The first-order chi connectivity index (χ1) is 8.65.